The maximum Gasteiger partial charge on any atom is 0.260 e. The fourth-order valence-corrected chi connectivity index (χ4v) is 3.23. The van der Waals surface area contributed by atoms with Gasteiger partial charge in [0, 0.05) is 30.7 Å². The number of aromatic amines is 1. The fourth-order valence-electron chi connectivity index (χ4n) is 1.78. The highest BCUT2D eigenvalue weighted by atomic mass is 35.5. The maximum absolute atomic E-state index is 12.4. The van der Waals surface area contributed by atoms with Crippen molar-refractivity contribution in [2.75, 3.05) is 7.05 Å². The van der Waals surface area contributed by atoms with E-state index in [0.717, 1.165) is 5.56 Å². The van der Waals surface area contributed by atoms with E-state index in [9.17, 15) is 8.42 Å². The smallest absolute Gasteiger partial charge is 0.260 e. The summed E-state index contributed by atoms with van der Waals surface area (Å²) in [5.41, 5.74) is 6.69. The molecule has 1 aromatic heterocycles. The SMILES string of the molecule is CN(Cc1ccccc1Cl)S(=O)(=O)c1[nH]ncc1CN. The average molecular weight is 315 g/mol. The van der Waals surface area contributed by atoms with Gasteiger partial charge in [0.05, 0.1) is 6.20 Å². The Morgan fingerprint density at radius 1 is 1.35 bits per heavy atom. The molecule has 0 amide bonds. The van der Waals surface area contributed by atoms with E-state index in [2.05, 4.69) is 10.2 Å². The van der Waals surface area contributed by atoms with E-state index in [1.807, 2.05) is 6.07 Å². The number of hydrogen-bond donors (Lipinski definition) is 2. The molecule has 8 heteroatoms. The van der Waals surface area contributed by atoms with Gasteiger partial charge in [-0.3, -0.25) is 5.10 Å². The Morgan fingerprint density at radius 2 is 2.05 bits per heavy atom. The standard InChI is InChI=1S/C12H15ClN4O2S/c1-17(8-9-4-2-3-5-11(9)13)20(18,19)12-10(6-14)7-15-16-12/h2-5,7H,6,8,14H2,1H3,(H,15,16). The van der Waals surface area contributed by atoms with Crippen LogP contribution in [0.25, 0.3) is 0 Å². The molecule has 6 nitrogen and oxygen atoms in total. The Kier molecular flexibility index (Phi) is 4.44. The van der Waals surface area contributed by atoms with E-state index in [1.165, 1.54) is 17.5 Å². The van der Waals surface area contributed by atoms with Crippen molar-refractivity contribution >= 4 is 21.6 Å². The van der Waals surface area contributed by atoms with Crippen LogP contribution in [0.15, 0.2) is 35.5 Å². The highest BCUT2D eigenvalue weighted by Gasteiger charge is 2.25. The van der Waals surface area contributed by atoms with Crippen LogP contribution < -0.4 is 5.73 Å². The molecule has 0 fully saturated rings. The molecule has 20 heavy (non-hydrogen) atoms. The summed E-state index contributed by atoms with van der Waals surface area (Å²) in [6.07, 6.45) is 1.41. The van der Waals surface area contributed by atoms with Crippen molar-refractivity contribution < 1.29 is 8.42 Å². The summed E-state index contributed by atoms with van der Waals surface area (Å²) in [6.45, 7) is 0.274. The Bertz CT molecular complexity index is 699. The molecule has 0 unspecified atom stereocenters. The summed E-state index contributed by atoms with van der Waals surface area (Å²) in [6, 6.07) is 7.11. The van der Waals surface area contributed by atoms with Gasteiger partial charge >= 0.3 is 0 Å². The summed E-state index contributed by atoms with van der Waals surface area (Å²) >= 11 is 6.04. The number of nitrogens with two attached hydrogens (primary N) is 1. The molecule has 1 aromatic carbocycles. The van der Waals surface area contributed by atoms with Crippen LogP contribution in [0, 0.1) is 0 Å². The lowest BCUT2D eigenvalue weighted by Gasteiger charge is -2.17. The van der Waals surface area contributed by atoms with Gasteiger partial charge in [0.1, 0.15) is 0 Å². The van der Waals surface area contributed by atoms with Crippen LogP contribution in [0.5, 0.6) is 0 Å². The van der Waals surface area contributed by atoms with Crippen molar-refractivity contribution in [3.8, 4) is 0 Å². The van der Waals surface area contributed by atoms with E-state index in [4.69, 9.17) is 17.3 Å². The maximum atomic E-state index is 12.4. The third-order valence-corrected chi connectivity index (χ3v) is 5.11. The van der Waals surface area contributed by atoms with Gasteiger partial charge in [-0.25, -0.2) is 8.42 Å². The summed E-state index contributed by atoms with van der Waals surface area (Å²) in [4.78, 5) is 0. The van der Waals surface area contributed by atoms with Crippen molar-refractivity contribution in [1.82, 2.24) is 14.5 Å². The molecule has 2 rings (SSSR count). The average Bonchev–Trinajstić information content (AvgIpc) is 2.90. The molecule has 0 bridgehead atoms. The Balaban J connectivity index is 2.29. The molecule has 0 radical (unpaired) electrons. The normalized spacial score (nSPS) is 12.0. The molecule has 0 saturated heterocycles. The number of H-pyrrole nitrogens is 1. The second kappa shape index (κ2) is 5.92. The molecule has 2 aromatic rings. The predicted molar refractivity (Wildman–Crippen MR) is 76.6 cm³/mol. The van der Waals surface area contributed by atoms with Gasteiger partial charge < -0.3 is 5.73 Å². The minimum atomic E-state index is -3.68. The van der Waals surface area contributed by atoms with E-state index < -0.39 is 10.0 Å². The van der Waals surface area contributed by atoms with Gasteiger partial charge in [-0.1, -0.05) is 29.8 Å². The Labute approximate surface area is 122 Å². The Hall–Kier alpha value is -1.41. The summed E-state index contributed by atoms with van der Waals surface area (Å²) in [5, 5.41) is 6.76. The van der Waals surface area contributed by atoms with E-state index in [-0.39, 0.29) is 18.1 Å². The first-order valence-electron chi connectivity index (χ1n) is 5.89. The molecule has 1 heterocycles. The lowest BCUT2D eigenvalue weighted by molar-refractivity contribution is 0.463. The fraction of sp³-hybridized carbons (Fsp3) is 0.250. The second-order valence-corrected chi connectivity index (χ2v) is 6.67. The molecule has 0 spiro atoms. The summed E-state index contributed by atoms with van der Waals surface area (Å²) < 4.78 is 26.1. The molecule has 0 saturated carbocycles. The molecule has 0 atom stereocenters. The number of nitrogens with zero attached hydrogens (tertiary/aromatic N) is 2. The topological polar surface area (TPSA) is 92.1 Å². The first-order valence-corrected chi connectivity index (χ1v) is 7.70. The van der Waals surface area contributed by atoms with Gasteiger partial charge in [-0.05, 0) is 11.6 Å². The van der Waals surface area contributed by atoms with Gasteiger partial charge in [-0.15, -0.1) is 0 Å². The number of hydrogen-bond acceptors (Lipinski definition) is 4. The molecular formula is C12H15ClN4O2S. The minimum absolute atomic E-state index is 0.0227. The first kappa shape index (κ1) is 15.0. The zero-order valence-electron chi connectivity index (χ0n) is 10.9. The van der Waals surface area contributed by atoms with Crippen LogP contribution in [-0.4, -0.2) is 30.0 Å². The van der Waals surface area contributed by atoms with Gasteiger partial charge in [0.25, 0.3) is 10.0 Å². The quantitative estimate of drug-likeness (QED) is 0.871. The largest absolute Gasteiger partial charge is 0.326 e. The second-order valence-electron chi connectivity index (χ2n) is 4.28. The highest BCUT2D eigenvalue weighted by molar-refractivity contribution is 7.89. The zero-order chi connectivity index (χ0) is 14.8. The summed E-state index contributed by atoms with van der Waals surface area (Å²) in [5.74, 6) is 0. The molecule has 108 valence electrons. The number of benzene rings is 1. The van der Waals surface area contributed by atoms with Crippen molar-refractivity contribution in [3.05, 3.63) is 46.6 Å². The van der Waals surface area contributed by atoms with Crippen LogP contribution >= 0.6 is 11.6 Å². The molecule has 0 aliphatic heterocycles. The van der Waals surface area contributed by atoms with Crippen LogP contribution in [0.1, 0.15) is 11.1 Å². The third-order valence-electron chi connectivity index (χ3n) is 2.92. The van der Waals surface area contributed by atoms with E-state index >= 15 is 0 Å². The molecule has 3 N–H and O–H groups in total. The van der Waals surface area contributed by atoms with Crippen molar-refractivity contribution in [2.45, 2.75) is 18.1 Å². The lowest BCUT2D eigenvalue weighted by Crippen LogP contribution is -2.28. The Morgan fingerprint density at radius 3 is 2.70 bits per heavy atom. The van der Waals surface area contributed by atoms with E-state index in [1.54, 1.807) is 18.2 Å². The monoisotopic (exact) mass is 314 g/mol. The third kappa shape index (κ3) is 2.85. The number of rotatable bonds is 5. The molecule has 0 aliphatic rings. The minimum Gasteiger partial charge on any atom is -0.326 e. The molecular weight excluding hydrogens is 300 g/mol. The summed E-state index contributed by atoms with van der Waals surface area (Å²) in [7, 11) is -2.19. The highest BCUT2D eigenvalue weighted by Crippen LogP contribution is 2.21. The van der Waals surface area contributed by atoms with Crippen LogP contribution in [0.3, 0.4) is 0 Å². The number of nitrogens with one attached hydrogen (secondary N) is 1. The number of halogens is 1. The van der Waals surface area contributed by atoms with Gasteiger partial charge in [0.15, 0.2) is 5.03 Å². The van der Waals surface area contributed by atoms with Crippen molar-refractivity contribution in [1.29, 1.82) is 0 Å². The van der Waals surface area contributed by atoms with Crippen LogP contribution in [-0.2, 0) is 23.1 Å². The lowest BCUT2D eigenvalue weighted by atomic mass is 10.2. The van der Waals surface area contributed by atoms with Gasteiger partial charge in [0.2, 0.25) is 0 Å². The van der Waals surface area contributed by atoms with Crippen molar-refractivity contribution in [2.24, 2.45) is 5.73 Å². The predicted octanol–water partition coefficient (Wildman–Crippen LogP) is 1.34. The van der Waals surface area contributed by atoms with Crippen LogP contribution in [0.2, 0.25) is 5.02 Å². The van der Waals surface area contributed by atoms with Crippen molar-refractivity contribution in [3.63, 3.8) is 0 Å². The van der Waals surface area contributed by atoms with E-state index in [0.29, 0.717) is 10.6 Å². The van der Waals surface area contributed by atoms with Crippen LogP contribution in [0.4, 0.5) is 0 Å². The zero-order valence-corrected chi connectivity index (χ0v) is 12.4. The number of sulfonamides is 1. The molecule has 0 aliphatic carbocycles. The first-order chi connectivity index (χ1) is 9.46. The van der Waals surface area contributed by atoms with Gasteiger partial charge in [-0.2, -0.15) is 9.40 Å². The number of aromatic nitrogens is 2.